The van der Waals surface area contributed by atoms with Gasteiger partial charge in [0.25, 0.3) is 0 Å². The Kier molecular flexibility index (Phi) is 11.4. The summed E-state index contributed by atoms with van der Waals surface area (Å²) in [5, 5.41) is 6.70. The molecule has 0 saturated heterocycles. The minimum absolute atomic E-state index is 0.291. The Hall–Kier alpha value is -5.67. The molecular formula is C37H36FN5. The van der Waals surface area contributed by atoms with Crippen LogP contribution < -0.4 is 16.4 Å². The average molecular weight is 570 g/mol. The van der Waals surface area contributed by atoms with Crippen molar-refractivity contribution in [3.05, 3.63) is 157 Å². The van der Waals surface area contributed by atoms with Crippen molar-refractivity contribution in [1.82, 2.24) is 15.3 Å². The summed E-state index contributed by atoms with van der Waals surface area (Å²) in [4.78, 5) is 8.94. The zero-order chi connectivity index (χ0) is 31.4. The van der Waals surface area contributed by atoms with Gasteiger partial charge in [0.2, 0.25) is 0 Å². The molecule has 2 aromatic carbocycles. The lowest BCUT2D eigenvalue weighted by atomic mass is 10.0. The van der Waals surface area contributed by atoms with Gasteiger partial charge in [-0.15, -0.1) is 12.8 Å². The number of rotatable bonds is 11. The van der Waals surface area contributed by atoms with Crippen LogP contribution in [0.1, 0.15) is 29.3 Å². The summed E-state index contributed by atoms with van der Waals surface area (Å²) in [6.45, 7) is 16.3. The fourth-order valence-electron chi connectivity index (χ4n) is 4.39. The van der Waals surface area contributed by atoms with Crippen LogP contribution in [0, 0.1) is 25.6 Å². The second-order valence-electron chi connectivity index (χ2n) is 9.56. The van der Waals surface area contributed by atoms with Gasteiger partial charge in [-0.3, -0.25) is 9.97 Å². The molecule has 0 aliphatic rings. The van der Waals surface area contributed by atoms with Crippen LogP contribution in [-0.4, -0.2) is 9.97 Å². The highest BCUT2D eigenvalue weighted by Gasteiger charge is 2.12. The van der Waals surface area contributed by atoms with Gasteiger partial charge in [-0.25, -0.2) is 4.39 Å². The molecule has 4 aromatic rings. The molecule has 0 bridgehead atoms. The molecular weight excluding hydrogens is 533 g/mol. The molecule has 0 aliphatic carbocycles. The molecule has 43 heavy (non-hydrogen) atoms. The molecule has 216 valence electrons. The van der Waals surface area contributed by atoms with Gasteiger partial charge in [-0.1, -0.05) is 68.3 Å². The summed E-state index contributed by atoms with van der Waals surface area (Å²) in [6, 6.07) is 18.3. The van der Waals surface area contributed by atoms with Gasteiger partial charge >= 0.3 is 0 Å². The van der Waals surface area contributed by atoms with Crippen LogP contribution in [0.15, 0.2) is 129 Å². The van der Waals surface area contributed by atoms with E-state index in [9.17, 15) is 4.39 Å². The maximum Gasteiger partial charge on any atom is 0.123 e. The van der Waals surface area contributed by atoms with Crippen molar-refractivity contribution < 1.29 is 4.39 Å². The van der Waals surface area contributed by atoms with Gasteiger partial charge in [0, 0.05) is 35.3 Å². The van der Waals surface area contributed by atoms with E-state index in [4.69, 9.17) is 5.73 Å². The lowest BCUT2D eigenvalue weighted by Gasteiger charge is -2.16. The Morgan fingerprint density at radius 1 is 1.02 bits per heavy atom. The van der Waals surface area contributed by atoms with Crippen LogP contribution in [0.5, 0.6) is 0 Å². The predicted molar refractivity (Wildman–Crippen MR) is 180 cm³/mol. The molecule has 0 atom stereocenters. The molecule has 0 fully saturated rings. The molecule has 0 radical (unpaired) electrons. The summed E-state index contributed by atoms with van der Waals surface area (Å²) in [7, 11) is 0. The number of nitrogens with zero attached hydrogens (tertiary/aromatic N) is 2. The molecule has 0 aliphatic heterocycles. The molecule has 0 unspecified atom stereocenters. The van der Waals surface area contributed by atoms with E-state index < -0.39 is 0 Å². The maximum absolute atomic E-state index is 13.8. The van der Waals surface area contributed by atoms with Crippen molar-refractivity contribution in [2.24, 2.45) is 0 Å². The average Bonchev–Trinajstić information content (AvgIpc) is 3.02. The van der Waals surface area contributed by atoms with E-state index >= 15 is 0 Å². The normalized spacial score (nSPS) is 11.1. The number of halogens is 1. The van der Waals surface area contributed by atoms with Gasteiger partial charge in [0.1, 0.15) is 5.82 Å². The van der Waals surface area contributed by atoms with Crippen LogP contribution >= 0.6 is 0 Å². The molecule has 4 rings (SSSR count). The van der Waals surface area contributed by atoms with Crippen LogP contribution in [-0.2, 0) is 6.42 Å². The molecule has 0 amide bonds. The fourth-order valence-corrected chi connectivity index (χ4v) is 4.39. The lowest BCUT2D eigenvalue weighted by Crippen LogP contribution is -2.10. The minimum Gasteiger partial charge on any atom is -0.397 e. The van der Waals surface area contributed by atoms with Gasteiger partial charge in [-0.05, 0) is 72.0 Å². The predicted octanol–water partition coefficient (Wildman–Crippen LogP) is 8.32. The smallest absolute Gasteiger partial charge is 0.123 e. The maximum atomic E-state index is 13.8. The number of benzene rings is 2. The number of nitrogens with two attached hydrogens (primary N) is 1. The lowest BCUT2D eigenvalue weighted by molar-refractivity contribution is 0.628. The first kappa shape index (κ1) is 31.9. The van der Waals surface area contributed by atoms with E-state index in [1.165, 1.54) is 12.1 Å². The number of anilines is 2. The van der Waals surface area contributed by atoms with Gasteiger partial charge in [0.05, 0.1) is 29.5 Å². The van der Waals surface area contributed by atoms with Crippen LogP contribution in [0.2, 0.25) is 0 Å². The number of nitrogen functional groups attached to an aromatic ring is 1. The van der Waals surface area contributed by atoms with Crippen molar-refractivity contribution >= 4 is 22.6 Å². The third-order valence-corrected chi connectivity index (χ3v) is 6.65. The second kappa shape index (κ2) is 15.4. The largest absolute Gasteiger partial charge is 0.397 e. The topological polar surface area (TPSA) is 75.9 Å². The zero-order valence-corrected chi connectivity index (χ0v) is 24.6. The van der Waals surface area contributed by atoms with Crippen LogP contribution in [0.25, 0.3) is 22.4 Å². The quantitative estimate of drug-likeness (QED) is 0.125. The Balaban J connectivity index is 0.00000248. The molecule has 0 spiro atoms. The molecule has 5 nitrogen and oxygen atoms in total. The van der Waals surface area contributed by atoms with Crippen LogP contribution in [0.4, 0.5) is 15.8 Å². The first-order valence-electron chi connectivity index (χ1n) is 13.5. The number of hydrogen-bond acceptors (Lipinski definition) is 5. The summed E-state index contributed by atoms with van der Waals surface area (Å²) in [5.74, 6) is -0.291. The van der Waals surface area contributed by atoms with Crippen molar-refractivity contribution in [1.29, 1.82) is 0 Å². The monoisotopic (exact) mass is 569 g/mol. The molecule has 6 heteroatoms. The fraction of sp³-hybridized carbons (Fsp3) is 0.0811. The number of allylic oxidation sites excluding steroid dienone is 5. The molecule has 4 N–H and O–H groups in total. The highest BCUT2D eigenvalue weighted by atomic mass is 19.1. The Bertz CT molecular complexity index is 1700. The molecule has 0 saturated carbocycles. The highest BCUT2D eigenvalue weighted by molar-refractivity contribution is 5.76. The third-order valence-electron chi connectivity index (χ3n) is 6.65. The van der Waals surface area contributed by atoms with Crippen molar-refractivity contribution in [3.63, 3.8) is 0 Å². The summed E-state index contributed by atoms with van der Waals surface area (Å²) >= 11 is 0. The van der Waals surface area contributed by atoms with Crippen molar-refractivity contribution in [2.45, 2.75) is 20.3 Å². The summed E-state index contributed by atoms with van der Waals surface area (Å²) in [6.07, 6.45) is 19.3. The number of nitrogens with one attached hydrogen (secondary N) is 2. The van der Waals surface area contributed by atoms with Gasteiger partial charge in [-0.2, -0.15) is 0 Å². The number of terminal acetylenes is 1. The highest BCUT2D eigenvalue weighted by Crippen LogP contribution is 2.29. The summed E-state index contributed by atoms with van der Waals surface area (Å²) in [5.41, 5.74) is 16.1. The SMILES string of the molecule is C#C.C=C/C(=C\C(=C/C)c1cc(CC(=C)Nc2cncc(-c3cccc(F)c3)c2C)c(N)cn1)NC(=C)c1ccccc1. The second-order valence-corrected chi connectivity index (χ2v) is 9.56. The van der Waals surface area contributed by atoms with E-state index in [-0.39, 0.29) is 5.82 Å². The van der Waals surface area contributed by atoms with E-state index in [1.807, 2.05) is 68.5 Å². The molecule has 2 aromatic heterocycles. The number of pyridine rings is 2. The first-order valence-corrected chi connectivity index (χ1v) is 13.5. The Labute approximate surface area is 254 Å². The van der Waals surface area contributed by atoms with E-state index in [2.05, 4.69) is 53.2 Å². The third kappa shape index (κ3) is 8.42. The van der Waals surface area contributed by atoms with E-state index in [0.717, 1.165) is 61.9 Å². The summed E-state index contributed by atoms with van der Waals surface area (Å²) < 4.78 is 13.8. The number of hydrogen-bond donors (Lipinski definition) is 3. The number of aromatic nitrogens is 2. The zero-order valence-electron chi connectivity index (χ0n) is 24.6. The van der Waals surface area contributed by atoms with Gasteiger partial charge < -0.3 is 16.4 Å². The molecule has 2 heterocycles. The van der Waals surface area contributed by atoms with Gasteiger partial charge in [0.15, 0.2) is 0 Å². The standard InChI is InChI=1S/C35H34FN5.C2H2/c1-6-26(18-31(7-2)41-25(5)27-12-9-8-10-13-27)34-19-29(33(37)21-39-34)16-23(3)40-35-22-38-20-32(24(35)4)28-14-11-15-30(36)17-28;1-2/h6-15,17-22,40-41H,2-3,5,16,37H2,1,4H3;1-2H/b26-6+,31-18+;. The Morgan fingerprint density at radius 3 is 2.44 bits per heavy atom. The van der Waals surface area contributed by atoms with Crippen molar-refractivity contribution in [2.75, 3.05) is 11.1 Å². The first-order chi connectivity index (χ1) is 20.8. The van der Waals surface area contributed by atoms with E-state index in [1.54, 1.807) is 30.7 Å². The van der Waals surface area contributed by atoms with Crippen molar-refractivity contribution in [3.8, 4) is 24.0 Å². The Morgan fingerprint density at radius 2 is 1.77 bits per heavy atom. The van der Waals surface area contributed by atoms with Crippen LogP contribution in [0.3, 0.4) is 0 Å². The minimum atomic E-state index is -0.291. The van der Waals surface area contributed by atoms with E-state index in [0.29, 0.717) is 12.1 Å².